The quantitative estimate of drug-likeness (QED) is 0.741. The monoisotopic (exact) mass is 294 g/mol. The van der Waals surface area contributed by atoms with Gasteiger partial charge in [0.05, 0.1) is 26.4 Å². The molecule has 1 amide bonds. The van der Waals surface area contributed by atoms with Gasteiger partial charge in [-0.25, -0.2) is 0 Å². The number of pyridine rings is 1. The van der Waals surface area contributed by atoms with Crippen LogP contribution in [-0.4, -0.2) is 62.4 Å². The van der Waals surface area contributed by atoms with Crippen LogP contribution in [0.2, 0.25) is 0 Å². The third-order valence-corrected chi connectivity index (χ3v) is 3.56. The highest BCUT2D eigenvalue weighted by molar-refractivity contribution is 5.92. The second kappa shape index (κ2) is 7.95. The summed E-state index contributed by atoms with van der Waals surface area (Å²) in [6.45, 7) is 2.59. The Balaban J connectivity index is 1.85. The van der Waals surface area contributed by atoms with Gasteiger partial charge in [-0.2, -0.15) is 0 Å². The molecule has 2 heterocycles. The van der Waals surface area contributed by atoms with Gasteiger partial charge in [-0.1, -0.05) is 0 Å². The minimum atomic E-state index is -0.0516. The number of hydrogen-bond acceptors (Lipinski definition) is 5. The third-order valence-electron chi connectivity index (χ3n) is 3.56. The number of likely N-dealkylation sites (tertiary alicyclic amines) is 1. The van der Waals surface area contributed by atoms with Crippen molar-refractivity contribution in [1.82, 2.24) is 9.88 Å². The van der Waals surface area contributed by atoms with Crippen molar-refractivity contribution in [3.63, 3.8) is 0 Å². The predicted octanol–water partition coefficient (Wildman–Crippen LogP) is 1.36. The smallest absolute Gasteiger partial charge is 0.272 e. The molecule has 1 aliphatic heterocycles. The van der Waals surface area contributed by atoms with E-state index in [9.17, 15) is 4.79 Å². The number of methoxy groups -OCH3 is 2. The van der Waals surface area contributed by atoms with E-state index in [4.69, 9.17) is 14.2 Å². The number of rotatable bonds is 6. The van der Waals surface area contributed by atoms with Gasteiger partial charge in [0.25, 0.3) is 5.91 Å². The van der Waals surface area contributed by atoms with Crippen LogP contribution in [0.4, 0.5) is 0 Å². The molecule has 0 atom stereocenters. The van der Waals surface area contributed by atoms with Crippen molar-refractivity contribution in [3.8, 4) is 5.75 Å². The Labute approximate surface area is 125 Å². The highest BCUT2D eigenvalue weighted by Gasteiger charge is 2.24. The van der Waals surface area contributed by atoms with Crippen LogP contribution >= 0.6 is 0 Å². The summed E-state index contributed by atoms with van der Waals surface area (Å²) < 4.78 is 15.8. The molecule has 0 aliphatic carbocycles. The van der Waals surface area contributed by atoms with Gasteiger partial charge in [0.2, 0.25) is 0 Å². The molecular formula is C15H22N2O4. The van der Waals surface area contributed by atoms with Crippen LogP contribution in [0.15, 0.2) is 18.3 Å². The summed E-state index contributed by atoms with van der Waals surface area (Å²) >= 11 is 0. The molecule has 2 rings (SSSR count). The molecule has 6 heteroatoms. The first-order valence-corrected chi connectivity index (χ1v) is 7.14. The van der Waals surface area contributed by atoms with E-state index in [1.807, 2.05) is 4.90 Å². The standard InChI is InChI=1S/C15H22N2O4/c1-19-9-10-21-12-4-7-17(8-5-12)15(18)14-11-13(20-2)3-6-16-14/h3,6,11-12H,4-5,7-10H2,1-2H3. The van der Waals surface area contributed by atoms with E-state index < -0.39 is 0 Å². The summed E-state index contributed by atoms with van der Waals surface area (Å²) in [6, 6.07) is 3.40. The molecule has 0 spiro atoms. The van der Waals surface area contributed by atoms with Crippen molar-refractivity contribution in [1.29, 1.82) is 0 Å². The van der Waals surface area contributed by atoms with E-state index in [2.05, 4.69) is 4.98 Å². The molecule has 0 aromatic carbocycles. The number of carbonyl (C=O) groups excluding carboxylic acids is 1. The Bertz CT molecular complexity index is 459. The summed E-state index contributed by atoms with van der Waals surface area (Å²) in [6.07, 6.45) is 3.49. The summed E-state index contributed by atoms with van der Waals surface area (Å²) in [7, 11) is 3.23. The second-order valence-corrected chi connectivity index (χ2v) is 4.94. The molecule has 6 nitrogen and oxygen atoms in total. The van der Waals surface area contributed by atoms with Crippen LogP contribution in [0, 0.1) is 0 Å². The molecule has 1 saturated heterocycles. The van der Waals surface area contributed by atoms with Gasteiger partial charge in [-0.05, 0) is 18.9 Å². The van der Waals surface area contributed by atoms with Gasteiger partial charge in [0.1, 0.15) is 11.4 Å². The first-order valence-electron chi connectivity index (χ1n) is 7.14. The second-order valence-electron chi connectivity index (χ2n) is 4.94. The molecule has 0 saturated carbocycles. The number of piperidine rings is 1. The van der Waals surface area contributed by atoms with Crippen molar-refractivity contribution < 1.29 is 19.0 Å². The fourth-order valence-corrected chi connectivity index (χ4v) is 2.34. The number of hydrogen-bond donors (Lipinski definition) is 0. The van der Waals surface area contributed by atoms with Crippen LogP contribution in [0.1, 0.15) is 23.3 Å². The molecule has 0 N–H and O–H groups in total. The molecule has 1 aliphatic rings. The molecule has 21 heavy (non-hydrogen) atoms. The Morgan fingerprint density at radius 3 is 2.76 bits per heavy atom. The van der Waals surface area contributed by atoms with Crippen LogP contribution in [0.5, 0.6) is 5.75 Å². The lowest BCUT2D eigenvalue weighted by Gasteiger charge is -2.31. The Kier molecular flexibility index (Phi) is 5.95. The van der Waals surface area contributed by atoms with E-state index in [0.717, 1.165) is 12.8 Å². The zero-order valence-electron chi connectivity index (χ0n) is 12.6. The molecule has 0 radical (unpaired) electrons. The van der Waals surface area contributed by atoms with Crippen molar-refractivity contribution >= 4 is 5.91 Å². The molecule has 0 unspecified atom stereocenters. The molecule has 116 valence electrons. The molecular weight excluding hydrogens is 272 g/mol. The van der Waals surface area contributed by atoms with Gasteiger partial charge in [0.15, 0.2) is 0 Å². The minimum absolute atomic E-state index is 0.0516. The van der Waals surface area contributed by atoms with Crippen molar-refractivity contribution in [2.24, 2.45) is 0 Å². The molecule has 1 fully saturated rings. The Hall–Kier alpha value is -1.66. The number of ether oxygens (including phenoxy) is 3. The van der Waals surface area contributed by atoms with Gasteiger partial charge in [-0.3, -0.25) is 9.78 Å². The number of carbonyl (C=O) groups is 1. The lowest BCUT2D eigenvalue weighted by Crippen LogP contribution is -2.41. The highest BCUT2D eigenvalue weighted by Crippen LogP contribution is 2.17. The summed E-state index contributed by atoms with van der Waals surface area (Å²) in [5.74, 6) is 0.593. The van der Waals surface area contributed by atoms with E-state index in [0.29, 0.717) is 37.7 Å². The number of nitrogens with zero attached hydrogens (tertiary/aromatic N) is 2. The maximum absolute atomic E-state index is 12.4. The van der Waals surface area contributed by atoms with Crippen LogP contribution in [0.3, 0.4) is 0 Å². The normalized spacial score (nSPS) is 16.0. The summed E-state index contributed by atoms with van der Waals surface area (Å²) in [5.41, 5.74) is 0.424. The Morgan fingerprint density at radius 2 is 2.10 bits per heavy atom. The topological polar surface area (TPSA) is 60.9 Å². The van der Waals surface area contributed by atoms with E-state index in [-0.39, 0.29) is 12.0 Å². The average molecular weight is 294 g/mol. The average Bonchev–Trinajstić information content (AvgIpc) is 2.55. The summed E-state index contributed by atoms with van der Waals surface area (Å²) in [5, 5.41) is 0. The van der Waals surface area contributed by atoms with Gasteiger partial charge in [0, 0.05) is 32.5 Å². The minimum Gasteiger partial charge on any atom is -0.497 e. The lowest BCUT2D eigenvalue weighted by atomic mass is 10.1. The maximum Gasteiger partial charge on any atom is 0.272 e. The molecule has 0 bridgehead atoms. The Morgan fingerprint density at radius 1 is 1.33 bits per heavy atom. The van der Waals surface area contributed by atoms with E-state index in [1.54, 1.807) is 32.5 Å². The van der Waals surface area contributed by atoms with Gasteiger partial charge in [-0.15, -0.1) is 0 Å². The largest absolute Gasteiger partial charge is 0.497 e. The first kappa shape index (κ1) is 15.7. The number of aromatic nitrogens is 1. The number of amides is 1. The van der Waals surface area contributed by atoms with Gasteiger partial charge < -0.3 is 19.1 Å². The first-order chi connectivity index (χ1) is 10.2. The van der Waals surface area contributed by atoms with Crippen LogP contribution in [-0.2, 0) is 9.47 Å². The van der Waals surface area contributed by atoms with Crippen molar-refractivity contribution in [3.05, 3.63) is 24.0 Å². The van der Waals surface area contributed by atoms with Crippen LogP contribution < -0.4 is 4.74 Å². The highest BCUT2D eigenvalue weighted by atomic mass is 16.5. The van der Waals surface area contributed by atoms with Crippen molar-refractivity contribution in [2.75, 3.05) is 40.5 Å². The summed E-state index contributed by atoms with van der Waals surface area (Å²) in [4.78, 5) is 18.3. The molecule has 1 aromatic heterocycles. The SMILES string of the molecule is COCCOC1CCN(C(=O)c2cc(OC)ccn2)CC1. The van der Waals surface area contributed by atoms with Gasteiger partial charge >= 0.3 is 0 Å². The van der Waals surface area contributed by atoms with Crippen LogP contribution in [0.25, 0.3) is 0 Å². The fraction of sp³-hybridized carbons (Fsp3) is 0.600. The molecule has 1 aromatic rings. The van der Waals surface area contributed by atoms with E-state index >= 15 is 0 Å². The lowest BCUT2D eigenvalue weighted by molar-refractivity contribution is -0.0123. The van der Waals surface area contributed by atoms with E-state index in [1.165, 1.54) is 0 Å². The third kappa shape index (κ3) is 4.41. The zero-order chi connectivity index (χ0) is 15.1. The maximum atomic E-state index is 12.4. The predicted molar refractivity (Wildman–Crippen MR) is 77.5 cm³/mol. The van der Waals surface area contributed by atoms with Crippen molar-refractivity contribution in [2.45, 2.75) is 18.9 Å². The zero-order valence-corrected chi connectivity index (χ0v) is 12.6. The fourth-order valence-electron chi connectivity index (χ4n) is 2.34.